The molecule has 0 heterocycles. The molecule has 0 aliphatic rings. The molecule has 0 N–H and O–H groups in total. The van der Waals surface area contributed by atoms with Gasteiger partial charge in [0, 0.05) is 32.9 Å². The summed E-state index contributed by atoms with van der Waals surface area (Å²) in [4.78, 5) is 19.7. The SMILES string of the molecule is CCCCCCCCCC[P+](CCCC)(CCCC)CCCC.CCCCCCCCCC[P+](CCCC)(CCCC)CCCC.CCCCCCCCCC[P+](CCCC)(CCCC)CCCC.O=C([O-])c1cccc(C(=O)[O-])c1S(=O)(=O)[O-]. The van der Waals surface area contributed by atoms with E-state index in [1.165, 1.54) is 250 Å². The van der Waals surface area contributed by atoms with Gasteiger partial charge in [-0.2, -0.15) is 0 Å². The van der Waals surface area contributed by atoms with Crippen molar-refractivity contribution in [3.63, 3.8) is 0 Å². The standard InChI is InChI=1S/3C22H48P.C8H6O7S/c3*1-5-9-13-14-15-16-17-18-22-23(19-10-6-2,20-11-7-3)21-12-8-4;9-7(10)4-2-1-3-5(8(11)12)6(4)16(13,14)15/h3*5-22H2,1-4H3;1-3H,(H,9,10)(H,11,12)(H,13,14,15)/q3*+1;/p-3. The Kier molecular flexibility index (Phi) is 64.8. The van der Waals surface area contributed by atoms with Crippen molar-refractivity contribution in [2.45, 2.75) is 358 Å². The maximum absolute atomic E-state index is 10.7. The fraction of sp³-hybridized carbons (Fsp3) is 0.892. The molecular formula is C74H147O7P3S. The highest BCUT2D eigenvalue weighted by atomic mass is 32.2. The summed E-state index contributed by atoms with van der Waals surface area (Å²) in [5, 5.41) is 21.0. The van der Waals surface area contributed by atoms with Gasteiger partial charge < -0.3 is 24.4 Å². The first kappa shape index (κ1) is 88.6. The molecule has 7 nitrogen and oxygen atoms in total. The molecule has 0 saturated carbocycles. The van der Waals surface area contributed by atoms with Crippen molar-refractivity contribution in [3.8, 4) is 0 Å². The predicted molar refractivity (Wildman–Crippen MR) is 384 cm³/mol. The fourth-order valence-electron chi connectivity index (χ4n) is 12.3. The van der Waals surface area contributed by atoms with Gasteiger partial charge in [0.1, 0.15) is 10.1 Å². The van der Waals surface area contributed by atoms with Crippen molar-refractivity contribution < 1.29 is 32.8 Å². The van der Waals surface area contributed by atoms with E-state index in [9.17, 15) is 32.8 Å². The highest BCUT2D eigenvalue weighted by Crippen LogP contribution is 2.63. The Balaban J connectivity index is -0.00000106. The van der Waals surface area contributed by atoms with E-state index in [0.717, 1.165) is 18.2 Å². The van der Waals surface area contributed by atoms with Crippen molar-refractivity contribution in [2.75, 3.05) is 73.9 Å². The third-order valence-electron chi connectivity index (χ3n) is 18.0. The minimum Gasteiger partial charge on any atom is -0.744 e. The molecule has 0 unspecified atom stereocenters. The van der Waals surface area contributed by atoms with Crippen LogP contribution in [0.25, 0.3) is 0 Å². The number of hydrogen-bond acceptors (Lipinski definition) is 7. The Morgan fingerprint density at radius 2 is 0.435 bits per heavy atom. The van der Waals surface area contributed by atoms with E-state index in [1.807, 2.05) is 0 Å². The number of carbonyl (C=O) groups excluding carboxylic acids is 2. The maximum atomic E-state index is 10.7. The van der Waals surface area contributed by atoms with Gasteiger partial charge in [0.25, 0.3) is 0 Å². The maximum Gasteiger partial charge on any atom is 0.125 e. The second-order valence-corrected chi connectivity index (χ2v) is 40.8. The van der Waals surface area contributed by atoms with E-state index in [-0.39, 0.29) is 0 Å². The average Bonchev–Trinajstić information content (AvgIpc) is 3.61. The molecule has 0 fully saturated rings. The average molecular weight is 1270 g/mol. The molecule has 0 amide bonds. The molecule has 1 aromatic rings. The van der Waals surface area contributed by atoms with Crippen molar-refractivity contribution in [1.82, 2.24) is 0 Å². The summed E-state index contributed by atoms with van der Waals surface area (Å²) < 4.78 is 32.2. The number of rotatable bonds is 57. The Bertz CT molecular complexity index is 1510. The summed E-state index contributed by atoms with van der Waals surface area (Å²) in [5.74, 6) is -3.92. The summed E-state index contributed by atoms with van der Waals surface area (Å²) in [6, 6.07) is 2.48. The molecule has 11 heteroatoms. The first-order chi connectivity index (χ1) is 41.0. The first-order valence-corrected chi connectivity index (χ1v) is 46.0. The number of carboxylic acids is 2. The zero-order chi connectivity index (χ0) is 64.2. The summed E-state index contributed by atoms with van der Waals surface area (Å²) in [5.41, 5.74) is -2.01. The molecule has 1 aromatic carbocycles. The molecule has 0 aliphatic heterocycles. The van der Waals surface area contributed by atoms with Crippen molar-refractivity contribution in [1.29, 1.82) is 0 Å². The van der Waals surface area contributed by atoms with Crippen LogP contribution in [0.2, 0.25) is 0 Å². The van der Waals surface area contributed by atoms with Gasteiger partial charge in [-0.3, -0.25) is 0 Å². The third-order valence-corrected chi connectivity index (χ3v) is 34.2. The summed E-state index contributed by atoms with van der Waals surface area (Å²) in [7, 11) is -7.08. The molecule has 0 radical (unpaired) electrons. The van der Waals surface area contributed by atoms with Gasteiger partial charge in [0.05, 0.1) is 90.8 Å². The highest BCUT2D eigenvalue weighted by molar-refractivity contribution is 7.86. The Hall–Kier alpha value is -0.640. The van der Waals surface area contributed by atoms with Crippen LogP contribution >= 0.6 is 21.8 Å². The topological polar surface area (TPSA) is 137 Å². The summed E-state index contributed by atoms with van der Waals surface area (Å²) in [6.45, 7) is 28.4. The molecular weight excluding hydrogens is 1130 g/mol. The van der Waals surface area contributed by atoms with Crippen LogP contribution in [-0.4, -0.2) is 98.9 Å². The Morgan fingerprint density at radius 3 is 0.588 bits per heavy atom. The van der Waals surface area contributed by atoms with Crippen LogP contribution in [0.1, 0.15) is 373 Å². The van der Waals surface area contributed by atoms with Crippen LogP contribution < -0.4 is 10.2 Å². The lowest BCUT2D eigenvalue weighted by molar-refractivity contribution is -0.255. The van der Waals surface area contributed by atoms with E-state index in [1.54, 1.807) is 93.2 Å². The van der Waals surface area contributed by atoms with Gasteiger partial charge >= 0.3 is 0 Å². The number of benzene rings is 1. The quantitative estimate of drug-likeness (QED) is 0.0360. The summed E-state index contributed by atoms with van der Waals surface area (Å²) >= 11 is 0. The number of unbranched alkanes of at least 4 members (excludes halogenated alkanes) is 30. The highest BCUT2D eigenvalue weighted by Gasteiger charge is 2.36. The van der Waals surface area contributed by atoms with Gasteiger partial charge in [-0.1, -0.05) is 275 Å². The first-order valence-electron chi connectivity index (χ1n) is 37.0. The lowest BCUT2D eigenvalue weighted by atomic mass is 10.1. The third kappa shape index (κ3) is 49.7. The van der Waals surface area contributed by atoms with Crippen LogP contribution in [0.15, 0.2) is 23.1 Å². The van der Waals surface area contributed by atoms with E-state index in [2.05, 4.69) is 83.1 Å². The predicted octanol–water partition coefficient (Wildman–Crippen LogP) is 23.0. The van der Waals surface area contributed by atoms with Crippen molar-refractivity contribution in [2.24, 2.45) is 0 Å². The van der Waals surface area contributed by atoms with Gasteiger partial charge in [-0.25, -0.2) is 8.42 Å². The molecule has 0 atom stereocenters. The van der Waals surface area contributed by atoms with Gasteiger partial charge in [-0.15, -0.1) is 0 Å². The number of hydrogen-bond donors (Lipinski definition) is 0. The van der Waals surface area contributed by atoms with Gasteiger partial charge in [0.15, 0.2) is 0 Å². The van der Waals surface area contributed by atoms with Crippen LogP contribution in [0.5, 0.6) is 0 Å². The smallest absolute Gasteiger partial charge is 0.125 e. The number of carboxylic acid groups (broad SMARTS) is 2. The fourth-order valence-corrected chi connectivity index (χ4v) is 28.8. The molecule has 0 saturated heterocycles. The van der Waals surface area contributed by atoms with E-state index < -0.39 is 59.9 Å². The van der Waals surface area contributed by atoms with Gasteiger partial charge in [-0.05, 0) is 96.3 Å². The van der Waals surface area contributed by atoms with Crippen molar-refractivity contribution in [3.05, 3.63) is 29.3 Å². The van der Waals surface area contributed by atoms with Crippen LogP contribution in [0, 0.1) is 0 Å². The van der Waals surface area contributed by atoms with Crippen LogP contribution in [-0.2, 0) is 10.1 Å². The Morgan fingerprint density at radius 1 is 0.282 bits per heavy atom. The minimum absolute atomic E-state index is 0.612. The zero-order valence-corrected chi connectivity index (χ0v) is 62.5. The minimum atomic E-state index is -5.25. The summed E-state index contributed by atoms with van der Waals surface area (Å²) in [6.07, 6.45) is 80.9. The second kappa shape index (κ2) is 62.2. The number of aromatic carboxylic acids is 2. The second-order valence-electron chi connectivity index (χ2n) is 26.0. The van der Waals surface area contributed by atoms with Crippen LogP contribution in [0.3, 0.4) is 0 Å². The molecule has 0 bridgehead atoms. The van der Waals surface area contributed by atoms with Gasteiger partial charge in [0.2, 0.25) is 0 Å². The largest absolute Gasteiger partial charge is 0.744 e. The molecule has 0 aliphatic carbocycles. The van der Waals surface area contributed by atoms with Crippen LogP contribution in [0.4, 0.5) is 0 Å². The van der Waals surface area contributed by atoms with Crippen molar-refractivity contribution >= 4 is 43.8 Å². The normalized spacial score (nSPS) is 11.8. The molecule has 85 heavy (non-hydrogen) atoms. The van der Waals surface area contributed by atoms with E-state index in [4.69, 9.17) is 0 Å². The van der Waals surface area contributed by atoms with E-state index in [0.29, 0.717) is 0 Å². The monoisotopic (exact) mass is 1270 g/mol. The molecule has 506 valence electrons. The number of carbonyl (C=O) groups is 2. The van der Waals surface area contributed by atoms with E-state index >= 15 is 0 Å². The zero-order valence-electron chi connectivity index (χ0n) is 59.0. The Labute approximate surface area is 534 Å². The molecule has 1 rings (SSSR count). The molecule has 0 aromatic heterocycles. The lowest BCUT2D eigenvalue weighted by Gasteiger charge is -2.28. The molecule has 0 spiro atoms. The lowest BCUT2D eigenvalue weighted by Crippen LogP contribution is -2.29.